The Kier molecular flexibility index (Phi) is 4.66. The lowest BCUT2D eigenvalue weighted by molar-refractivity contribution is 0.0986. The minimum Gasteiger partial charge on any atom is -0.330 e. The number of ketones is 1. The molecule has 0 amide bonds. The summed E-state index contributed by atoms with van der Waals surface area (Å²) in [7, 11) is 3.69. The van der Waals surface area contributed by atoms with Crippen LogP contribution in [-0.4, -0.2) is 39.7 Å². The maximum absolute atomic E-state index is 13.4. The molecule has 0 saturated heterocycles. The standard InChI is InChI=1S/C23H20FN7O/c1-14-25-22(15-4-6-16(24)7-5-15)23(30(14)3)19-8-9-21-26-17(13-31(21)28-19)12-20(32)18-10-11-29(2)27-18/h4-11,13H,12H2,1-3H3. The molecule has 0 unspecified atom stereocenters. The molecule has 0 aliphatic heterocycles. The minimum absolute atomic E-state index is 0.102. The Morgan fingerprint density at radius 1 is 1.00 bits per heavy atom. The molecule has 4 aromatic heterocycles. The molecule has 5 aromatic rings. The van der Waals surface area contributed by atoms with E-state index in [1.165, 1.54) is 12.1 Å². The summed E-state index contributed by atoms with van der Waals surface area (Å²) >= 11 is 0. The number of aryl methyl sites for hydroxylation is 2. The van der Waals surface area contributed by atoms with E-state index in [4.69, 9.17) is 5.10 Å². The van der Waals surface area contributed by atoms with Crippen LogP contribution in [0.4, 0.5) is 4.39 Å². The number of rotatable bonds is 5. The Balaban J connectivity index is 1.52. The normalized spacial score (nSPS) is 11.4. The maximum Gasteiger partial charge on any atom is 0.189 e. The number of Topliss-reactive ketones (excluding diaryl/α,β-unsaturated/α-hetero) is 1. The van der Waals surface area contributed by atoms with Gasteiger partial charge in [0.1, 0.15) is 23.0 Å². The molecule has 160 valence electrons. The second-order valence-electron chi connectivity index (χ2n) is 7.65. The van der Waals surface area contributed by atoms with Gasteiger partial charge < -0.3 is 4.57 Å². The van der Waals surface area contributed by atoms with Gasteiger partial charge in [0, 0.05) is 25.9 Å². The van der Waals surface area contributed by atoms with Gasteiger partial charge in [0.2, 0.25) is 0 Å². The minimum atomic E-state index is -0.298. The van der Waals surface area contributed by atoms with Crippen molar-refractivity contribution < 1.29 is 9.18 Å². The molecular weight excluding hydrogens is 409 g/mol. The third-order valence-electron chi connectivity index (χ3n) is 5.39. The first kappa shape index (κ1) is 19.8. The Hall–Kier alpha value is -4.14. The molecule has 0 aliphatic carbocycles. The lowest BCUT2D eigenvalue weighted by Gasteiger charge is -2.07. The summed E-state index contributed by atoms with van der Waals surface area (Å²) in [5.41, 5.74) is 4.70. The van der Waals surface area contributed by atoms with Gasteiger partial charge in [-0.25, -0.2) is 18.9 Å². The van der Waals surface area contributed by atoms with E-state index in [1.807, 2.05) is 30.7 Å². The number of hydrogen-bond donors (Lipinski definition) is 0. The summed E-state index contributed by atoms with van der Waals surface area (Å²) < 4.78 is 18.6. The number of halogens is 1. The first-order chi connectivity index (χ1) is 15.4. The summed E-state index contributed by atoms with van der Waals surface area (Å²) in [5, 5.41) is 8.87. The molecule has 0 fully saturated rings. The van der Waals surface area contributed by atoms with E-state index in [1.54, 1.807) is 46.8 Å². The molecule has 0 atom stereocenters. The van der Waals surface area contributed by atoms with E-state index < -0.39 is 0 Å². The molecule has 0 bridgehead atoms. The first-order valence-corrected chi connectivity index (χ1v) is 10.1. The molecule has 32 heavy (non-hydrogen) atoms. The van der Waals surface area contributed by atoms with E-state index in [0.29, 0.717) is 22.7 Å². The lowest BCUT2D eigenvalue weighted by atomic mass is 10.1. The molecule has 8 nitrogen and oxygen atoms in total. The zero-order valence-electron chi connectivity index (χ0n) is 17.8. The van der Waals surface area contributed by atoms with Crippen LogP contribution in [0.2, 0.25) is 0 Å². The summed E-state index contributed by atoms with van der Waals surface area (Å²) in [6.45, 7) is 1.91. The average molecular weight is 429 g/mol. The van der Waals surface area contributed by atoms with Gasteiger partial charge in [-0.1, -0.05) is 0 Å². The monoisotopic (exact) mass is 429 g/mol. The van der Waals surface area contributed by atoms with Crippen molar-refractivity contribution in [3.05, 3.63) is 77.9 Å². The Morgan fingerprint density at radius 3 is 2.50 bits per heavy atom. The maximum atomic E-state index is 13.4. The Morgan fingerprint density at radius 2 is 1.78 bits per heavy atom. The number of benzene rings is 1. The van der Waals surface area contributed by atoms with E-state index in [0.717, 1.165) is 22.8 Å². The van der Waals surface area contributed by atoms with Crippen molar-refractivity contribution in [1.29, 1.82) is 0 Å². The zero-order valence-corrected chi connectivity index (χ0v) is 17.8. The second kappa shape index (κ2) is 7.52. The van der Waals surface area contributed by atoms with Crippen LogP contribution < -0.4 is 0 Å². The van der Waals surface area contributed by atoms with Crippen molar-refractivity contribution in [2.24, 2.45) is 14.1 Å². The molecular formula is C23H20FN7O. The quantitative estimate of drug-likeness (QED) is 0.400. The van der Waals surface area contributed by atoms with Crippen LogP contribution in [0.5, 0.6) is 0 Å². The highest BCUT2D eigenvalue weighted by molar-refractivity contribution is 5.95. The Bertz CT molecular complexity index is 1460. The van der Waals surface area contributed by atoms with Crippen molar-refractivity contribution in [2.45, 2.75) is 13.3 Å². The fourth-order valence-corrected chi connectivity index (χ4v) is 3.67. The van der Waals surface area contributed by atoms with Crippen molar-refractivity contribution >= 4 is 11.4 Å². The van der Waals surface area contributed by atoms with Crippen molar-refractivity contribution in [1.82, 2.24) is 33.9 Å². The molecule has 0 radical (unpaired) electrons. The van der Waals surface area contributed by atoms with Crippen LogP contribution in [0.3, 0.4) is 0 Å². The van der Waals surface area contributed by atoms with Gasteiger partial charge in [-0.3, -0.25) is 9.48 Å². The summed E-state index contributed by atoms with van der Waals surface area (Å²) in [5.74, 6) is 0.414. The van der Waals surface area contributed by atoms with E-state index >= 15 is 0 Å². The number of carbonyl (C=O) groups excluding carboxylic acids is 1. The summed E-state index contributed by atoms with van der Waals surface area (Å²) in [6, 6.07) is 11.7. The highest BCUT2D eigenvalue weighted by Crippen LogP contribution is 2.31. The van der Waals surface area contributed by atoms with E-state index in [-0.39, 0.29) is 18.0 Å². The van der Waals surface area contributed by atoms with Crippen LogP contribution >= 0.6 is 0 Å². The van der Waals surface area contributed by atoms with Gasteiger partial charge in [0.15, 0.2) is 11.4 Å². The second-order valence-corrected chi connectivity index (χ2v) is 7.65. The van der Waals surface area contributed by atoms with E-state index in [9.17, 15) is 9.18 Å². The molecule has 1 aromatic carbocycles. The summed E-state index contributed by atoms with van der Waals surface area (Å²) in [4.78, 5) is 21.7. The smallest absolute Gasteiger partial charge is 0.189 e. The third kappa shape index (κ3) is 3.47. The fraction of sp³-hybridized carbons (Fsp3) is 0.174. The lowest BCUT2D eigenvalue weighted by Crippen LogP contribution is -2.05. The highest BCUT2D eigenvalue weighted by atomic mass is 19.1. The molecule has 0 N–H and O–H groups in total. The van der Waals surface area contributed by atoms with Gasteiger partial charge in [0.25, 0.3) is 0 Å². The first-order valence-electron chi connectivity index (χ1n) is 10.1. The molecule has 9 heteroatoms. The van der Waals surface area contributed by atoms with Crippen molar-refractivity contribution in [3.63, 3.8) is 0 Å². The van der Waals surface area contributed by atoms with Crippen molar-refractivity contribution in [2.75, 3.05) is 0 Å². The molecule has 0 aliphatic rings. The average Bonchev–Trinajstić information content (AvgIpc) is 3.45. The predicted molar refractivity (Wildman–Crippen MR) is 117 cm³/mol. The van der Waals surface area contributed by atoms with Crippen LogP contribution in [-0.2, 0) is 20.5 Å². The number of nitrogens with zero attached hydrogens (tertiary/aromatic N) is 7. The number of imidazole rings is 2. The van der Waals surface area contributed by atoms with Gasteiger partial charge in [-0.05, 0) is 49.4 Å². The molecule has 4 heterocycles. The molecule has 5 rings (SSSR count). The summed E-state index contributed by atoms with van der Waals surface area (Å²) in [6.07, 6.45) is 3.63. The van der Waals surface area contributed by atoms with Crippen LogP contribution in [0.25, 0.3) is 28.3 Å². The fourth-order valence-electron chi connectivity index (χ4n) is 3.67. The molecule has 0 spiro atoms. The van der Waals surface area contributed by atoms with Crippen molar-refractivity contribution in [3.8, 4) is 22.6 Å². The Labute approximate surface area is 183 Å². The number of carbonyl (C=O) groups is 1. The van der Waals surface area contributed by atoms with Gasteiger partial charge in [-0.15, -0.1) is 0 Å². The zero-order chi connectivity index (χ0) is 22.4. The SMILES string of the molecule is Cc1nc(-c2ccc(F)cc2)c(-c2ccc3nc(CC(=O)c4ccn(C)n4)cn3n2)n1C. The number of hydrogen-bond acceptors (Lipinski definition) is 5. The van der Waals surface area contributed by atoms with Gasteiger partial charge >= 0.3 is 0 Å². The van der Waals surface area contributed by atoms with Crippen LogP contribution in [0, 0.1) is 12.7 Å². The topological polar surface area (TPSA) is 82.9 Å². The predicted octanol–water partition coefficient (Wildman–Crippen LogP) is 3.40. The number of fused-ring (bicyclic) bond motifs is 1. The number of aromatic nitrogens is 7. The van der Waals surface area contributed by atoms with Crippen LogP contribution in [0.15, 0.2) is 54.9 Å². The largest absolute Gasteiger partial charge is 0.330 e. The third-order valence-corrected chi connectivity index (χ3v) is 5.39. The van der Waals surface area contributed by atoms with Gasteiger partial charge in [0.05, 0.1) is 29.7 Å². The van der Waals surface area contributed by atoms with E-state index in [2.05, 4.69) is 15.1 Å². The van der Waals surface area contributed by atoms with Gasteiger partial charge in [-0.2, -0.15) is 10.2 Å². The molecule has 0 saturated carbocycles. The van der Waals surface area contributed by atoms with Crippen LogP contribution in [0.1, 0.15) is 22.0 Å². The highest BCUT2D eigenvalue weighted by Gasteiger charge is 2.19.